The molecule has 2 aromatic carbocycles. The molecule has 15 heavy (non-hydrogen) atoms. The second kappa shape index (κ2) is 3.63. The first-order valence-electron chi connectivity index (χ1n) is 5.79. The van der Waals surface area contributed by atoms with Crippen molar-refractivity contribution in [3.63, 3.8) is 0 Å². The zero-order chi connectivity index (χ0) is 11.9. The Bertz CT molecular complexity index is 546. The molecule has 0 aromatic heterocycles. The summed E-state index contributed by atoms with van der Waals surface area (Å²) in [4.78, 5) is 0.987. The van der Waals surface area contributed by atoms with Crippen LogP contribution in [0.15, 0.2) is 59.5 Å². The maximum Gasteiger partial charge on any atom is 0.162 e. The van der Waals surface area contributed by atoms with Gasteiger partial charge in [-0.05, 0) is 17.7 Å². The van der Waals surface area contributed by atoms with Gasteiger partial charge in [-0.1, -0.05) is 54.2 Å². The van der Waals surface area contributed by atoms with E-state index in [1.54, 1.807) is 0 Å². The highest BCUT2D eigenvalue weighted by Crippen LogP contribution is 2.45. The average Bonchev–Trinajstić information content (AvgIpc) is 2.65. The number of fused-ring (bicyclic) bond motifs is 1. The number of anilines is 1. The number of nitrogens with one attached hydrogen (secondary N) is 1. The molecule has 0 saturated heterocycles. The summed E-state index contributed by atoms with van der Waals surface area (Å²) in [5.41, 5.74) is 1.63. The lowest BCUT2D eigenvalue weighted by molar-refractivity contribution is 1.13. The monoisotopic (exact) mass is 215 g/mol. The normalized spacial score (nSPS) is 25.7. The Labute approximate surface area is 96.4 Å². The predicted octanol–water partition coefficient (Wildman–Crippen LogP) is 3.90. The summed E-state index contributed by atoms with van der Waals surface area (Å²) < 4.78 is 16.6. The average molecular weight is 215 g/mol. The van der Waals surface area contributed by atoms with Crippen LogP contribution in [0.4, 0.5) is 5.69 Å². The third kappa shape index (κ3) is 1.61. The van der Waals surface area contributed by atoms with Crippen molar-refractivity contribution in [2.75, 3.05) is 5.31 Å². The van der Waals surface area contributed by atoms with E-state index in [9.17, 15) is 0 Å². The van der Waals surface area contributed by atoms with Crippen LogP contribution in [0.1, 0.15) is 12.3 Å². The Hall–Kier alpha value is -1.41. The van der Waals surface area contributed by atoms with Gasteiger partial charge in [0.15, 0.2) is 1.41 Å². The summed E-state index contributed by atoms with van der Waals surface area (Å²) in [6.45, 7) is 0. The van der Waals surface area contributed by atoms with Crippen LogP contribution in [-0.4, -0.2) is 0 Å². The number of rotatable bonds is 1. The first-order valence-corrected chi connectivity index (χ1v) is 5.66. The zero-order valence-corrected chi connectivity index (χ0v) is 8.87. The number of hydrogen-bond acceptors (Lipinski definition) is 2. The highest BCUT2D eigenvalue weighted by atomic mass is 32.2. The minimum absolute atomic E-state index is 0.802. The van der Waals surface area contributed by atoms with Gasteiger partial charge in [-0.15, -0.1) is 0 Å². The van der Waals surface area contributed by atoms with Gasteiger partial charge in [0, 0.05) is 10.6 Å². The van der Waals surface area contributed by atoms with E-state index in [1.807, 2.05) is 54.6 Å². The maximum atomic E-state index is 8.51. The highest BCUT2D eigenvalue weighted by molar-refractivity contribution is 8.00. The molecule has 1 nitrogen and oxygen atoms in total. The summed E-state index contributed by atoms with van der Waals surface area (Å²) in [5, 5.41) is 0.202. The predicted molar refractivity (Wildman–Crippen MR) is 65.1 cm³/mol. The van der Waals surface area contributed by atoms with Crippen molar-refractivity contribution in [1.82, 2.24) is 0 Å². The molecule has 1 heterocycles. The molecule has 3 rings (SSSR count). The van der Waals surface area contributed by atoms with E-state index >= 15 is 0 Å². The molecule has 1 aliphatic heterocycles. The Balaban J connectivity index is 2.09. The molecule has 1 N–H and O–H groups in total. The van der Waals surface area contributed by atoms with Crippen molar-refractivity contribution >= 4 is 17.4 Å². The molecule has 1 atom stereocenters. The second-order valence-electron chi connectivity index (χ2n) is 3.35. The fourth-order valence-electron chi connectivity index (χ4n) is 1.58. The van der Waals surface area contributed by atoms with Crippen molar-refractivity contribution in [1.29, 1.82) is 0 Å². The van der Waals surface area contributed by atoms with Crippen LogP contribution >= 0.6 is 11.8 Å². The van der Waals surface area contributed by atoms with Crippen LogP contribution in [0.25, 0.3) is 0 Å². The molecule has 2 aromatic rings. The van der Waals surface area contributed by atoms with Gasteiger partial charge in [-0.2, -0.15) is 0 Å². The highest BCUT2D eigenvalue weighted by Gasteiger charge is 2.21. The zero-order valence-electron chi connectivity index (χ0n) is 10.1. The summed E-state index contributed by atoms with van der Waals surface area (Å²) in [5.74, 6) is 0. The lowest BCUT2D eigenvalue weighted by Crippen LogP contribution is -2.00. The van der Waals surface area contributed by atoms with Crippen molar-refractivity contribution in [3.8, 4) is 0 Å². The standard InChI is InChI=1S/C13H11NS/c1-2-6-10(7-3-1)13-14-11-8-4-5-9-12(11)15-13/h1-9,13-14H/i13D/hD. The largest absolute Gasteiger partial charge is 0.368 e. The first-order chi connectivity index (χ1) is 8.22. The smallest absolute Gasteiger partial charge is 0.162 e. The second-order valence-corrected chi connectivity index (χ2v) is 4.38. The Kier molecular flexibility index (Phi) is 1.68. The fraction of sp³-hybridized carbons (Fsp3) is 0.0769. The van der Waals surface area contributed by atoms with Crippen LogP contribution < -0.4 is 5.31 Å². The molecular weight excluding hydrogens is 202 g/mol. The van der Waals surface area contributed by atoms with E-state index in [-0.39, 0.29) is 0 Å². The summed E-state index contributed by atoms with van der Waals surface area (Å²) in [7, 11) is 0. The molecule has 0 spiro atoms. The van der Waals surface area contributed by atoms with Crippen molar-refractivity contribution in [2.45, 2.75) is 10.2 Å². The lowest BCUT2D eigenvalue weighted by Gasteiger charge is -2.09. The van der Waals surface area contributed by atoms with E-state index < -0.39 is 5.35 Å². The van der Waals surface area contributed by atoms with Gasteiger partial charge in [0.25, 0.3) is 0 Å². The van der Waals surface area contributed by atoms with Gasteiger partial charge >= 0.3 is 0 Å². The number of thioether (sulfide) groups is 1. The third-order valence-corrected chi connectivity index (χ3v) is 3.40. The summed E-state index contributed by atoms with van der Waals surface area (Å²) >= 11 is 1.40. The van der Waals surface area contributed by atoms with E-state index in [2.05, 4.69) is 0 Å². The molecular formula is C13H11NS. The van der Waals surface area contributed by atoms with Crippen molar-refractivity contribution in [3.05, 3.63) is 60.2 Å². The van der Waals surface area contributed by atoms with Gasteiger partial charge in [-0.25, -0.2) is 0 Å². The van der Waals surface area contributed by atoms with E-state index in [0.717, 1.165) is 16.1 Å². The van der Waals surface area contributed by atoms with E-state index in [4.69, 9.17) is 2.78 Å². The number of hydrogen-bond donors (Lipinski definition) is 1. The van der Waals surface area contributed by atoms with E-state index in [0.29, 0.717) is 0 Å². The van der Waals surface area contributed by atoms with Crippen LogP contribution in [0, 0.1) is 0 Å². The van der Waals surface area contributed by atoms with Crippen LogP contribution in [-0.2, 0) is 0 Å². The van der Waals surface area contributed by atoms with Gasteiger partial charge in [0.05, 0.1) is 1.37 Å². The molecule has 74 valence electrons. The molecule has 0 bridgehead atoms. The topological polar surface area (TPSA) is 12.0 Å². The Morgan fingerprint density at radius 2 is 1.80 bits per heavy atom. The minimum Gasteiger partial charge on any atom is -0.368 e. The Morgan fingerprint density at radius 3 is 2.60 bits per heavy atom. The van der Waals surface area contributed by atoms with E-state index in [1.165, 1.54) is 17.1 Å². The number of benzene rings is 2. The fourth-order valence-corrected chi connectivity index (χ4v) is 2.55. The molecule has 0 saturated carbocycles. The maximum absolute atomic E-state index is 8.51. The first kappa shape index (κ1) is 6.96. The Morgan fingerprint density at radius 1 is 1.07 bits per heavy atom. The minimum atomic E-state index is -1.08. The van der Waals surface area contributed by atoms with Gasteiger partial charge in [0.2, 0.25) is 0 Å². The van der Waals surface area contributed by atoms with Crippen LogP contribution in [0.3, 0.4) is 0 Å². The molecule has 0 radical (unpaired) electrons. The van der Waals surface area contributed by atoms with Crippen molar-refractivity contribution < 1.29 is 2.78 Å². The molecule has 0 aliphatic carbocycles. The summed E-state index contributed by atoms with van der Waals surface area (Å²) in [6.07, 6.45) is 0. The van der Waals surface area contributed by atoms with Gasteiger partial charge < -0.3 is 5.31 Å². The van der Waals surface area contributed by atoms with Gasteiger partial charge in [0.1, 0.15) is 5.35 Å². The SMILES string of the molecule is [2H]N1c2ccccc2SC1([2H])c1ccccc1. The summed E-state index contributed by atoms with van der Waals surface area (Å²) in [6, 6.07) is 17.2. The molecule has 1 unspecified atom stereocenters. The molecule has 2 heteroatoms. The third-order valence-electron chi connectivity index (χ3n) is 2.31. The number of para-hydroxylation sites is 1. The molecule has 0 amide bonds. The lowest BCUT2D eigenvalue weighted by atomic mass is 10.2. The van der Waals surface area contributed by atoms with Crippen molar-refractivity contribution in [2.24, 2.45) is 0 Å². The van der Waals surface area contributed by atoms with Gasteiger partial charge in [-0.3, -0.25) is 0 Å². The quantitative estimate of drug-likeness (QED) is 0.774. The van der Waals surface area contributed by atoms with Crippen LogP contribution in [0.2, 0.25) is 1.41 Å². The molecule has 0 fully saturated rings. The van der Waals surface area contributed by atoms with Crippen LogP contribution in [0.5, 0.6) is 0 Å². The molecule has 1 aliphatic rings.